The summed E-state index contributed by atoms with van der Waals surface area (Å²) in [5, 5.41) is 0. The molecule has 0 unspecified atom stereocenters. The zero-order valence-corrected chi connectivity index (χ0v) is 7.63. The van der Waals surface area contributed by atoms with Gasteiger partial charge in [-0.25, -0.2) is 0 Å². The van der Waals surface area contributed by atoms with E-state index in [-0.39, 0.29) is 5.78 Å². The van der Waals surface area contributed by atoms with Crippen molar-refractivity contribution in [1.82, 2.24) is 4.98 Å². The van der Waals surface area contributed by atoms with E-state index in [1.165, 1.54) is 0 Å². The molecule has 2 nitrogen and oxygen atoms in total. The molecule has 0 saturated carbocycles. The molecule has 3 heteroatoms. The number of nitrogens with zero attached hydrogens (tertiary/aromatic N) is 1. The van der Waals surface area contributed by atoms with Gasteiger partial charge in [-0.2, -0.15) is 12.6 Å². The molecule has 0 fully saturated rings. The van der Waals surface area contributed by atoms with Crippen molar-refractivity contribution in [2.75, 3.05) is 5.75 Å². The van der Waals surface area contributed by atoms with Crippen molar-refractivity contribution in [3.05, 3.63) is 30.1 Å². The van der Waals surface area contributed by atoms with Crippen molar-refractivity contribution >= 4 is 18.4 Å². The molecular formula is C9H11NOS. The minimum Gasteiger partial charge on any atom is -0.299 e. The fourth-order valence-corrected chi connectivity index (χ4v) is 1.05. The molecule has 0 aliphatic rings. The Balaban J connectivity index is 2.38. The van der Waals surface area contributed by atoms with Gasteiger partial charge < -0.3 is 0 Å². The predicted octanol–water partition coefficient (Wildman–Crippen LogP) is 1.51. The highest BCUT2D eigenvalue weighted by Crippen LogP contribution is 1.99. The maximum absolute atomic E-state index is 10.9. The minimum absolute atomic E-state index is 0.170. The molecule has 0 bridgehead atoms. The molecule has 64 valence electrons. The number of hydrogen-bond donors (Lipinski definition) is 1. The Labute approximate surface area is 77.4 Å². The molecule has 1 rings (SSSR count). The summed E-state index contributed by atoms with van der Waals surface area (Å²) in [4.78, 5) is 15.0. The fraction of sp³-hybridized carbons (Fsp3) is 0.333. The lowest BCUT2D eigenvalue weighted by Gasteiger charge is -1.96. The first-order valence-electron chi connectivity index (χ1n) is 3.85. The van der Waals surface area contributed by atoms with Crippen LogP contribution in [0.2, 0.25) is 0 Å². The topological polar surface area (TPSA) is 30.0 Å². The number of aromatic nitrogens is 1. The van der Waals surface area contributed by atoms with Crippen molar-refractivity contribution in [1.29, 1.82) is 0 Å². The van der Waals surface area contributed by atoms with E-state index in [1.54, 1.807) is 6.20 Å². The summed E-state index contributed by atoms with van der Waals surface area (Å²) in [6, 6.07) is 5.71. The third-order valence-corrected chi connectivity index (χ3v) is 1.92. The lowest BCUT2D eigenvalue weighted by atomic mass is 10.2. The number of rotatable bonds is 4. The lowest BCUT2D eigenvalue weighted by Crippen LogP contribution is -2.01. The number of thiol groups is 1. The number of pyridine rings is 1. The van der Waals surface area contributed by atoms with Crippen molar-refractivity contribution in [3.8, 4) is 0 Å². The van der Waals surface area contributed by atoms with E-state index in [1.807, 2.05) is 18.2 Å². The second-order valence-corrected chi connectivity index (χ2v) is 2.83. The Morgan fingerprint density at radius 1 is 1.50 bits per heavy atom. The summed E-state index contributed by atoms with van der Waals surface area (Å²) in [7, 11) is 0. The number of Topliss-reactive ketones (excluding diaryl/α,β-unsaturated/α-hetero) is 1. The molecule has 12 heavy (non-hydrogen) atoms. The van der Waals surface area contributed by atoms with Gasteiger partial charge in [0.25, 0.3) is 0 Å². The van der Waals surface area contributed by atoms with Gasteiger partial charge in [-0.1, -0.05) is 6.07 Å². The van der Waals surface area contributed by atoms with Crippen LogP contribution in [0.3, 0.4) is 0 Å². The van der Waals surface area contributed by atoms with Crippen LogP contribution >= 0.6 is 12.6 Å². The zero-order valence-electron chi connectivity index (χ0n) is 6.73. The van der Waals surface area contributed by atoms with Crippen molar-refractivity contribution < 1.29 is 4.79 Å². The van der Waals surface area contributed by atoms with Crippen LogP contribution in [0, 0.1) is 0 Å². The molecule has 0 aliphatic heterocycles. The SMILES string of the molecule is O=C(CS)CCc1ccccn1. The largest absolute Gasteiger partial charge is 0.299 e. The summed E-state index contributed by atoms with van der Waals surface area (Å²) in [5.41, 5.74) is 0.965. The van der Waals surface area contributed by atoms with E-state index in [9.17, 15) is 4.79 Å². The van der Waals surface area contributed by atoms with Crippen LogP contribution < -0.4 is 0 Å². The highest BCUT2D eigenvalue weighted by Gasteiger charge is 1.99. The standard InChI is InChI=1S/C9H11NOS/c11-9(7-12)5-4-8-3-1-2-6-10-8/h1-3,6,12H,4-5,7H2. The average Bonchev–Trinajstić information content (AvgIpc) is 2.16. The number of aryl methyl sites for hydroxylation is 1. The summed E-state index contributed by atoms with van der Waals surface area (Å²) in [6.07, 6.45) is 3.00. The van der Waals surface area contributed by atoms with Crippen molar-refractivity contribution in [3.63, 3.8) is 0 Å². The van der Waals surface area contributed by atoms with Crippen LogP contribution in [-0.2, 0) is 11.2 Å². The van der Waals surface area contributed by atoms with E-state index in [2.05, 4.69) is 17.6 Å². The van der Waals surface area contributed by atoms with Gasteiger partial charge in [-0.15, -0.1) is 0 Å². The Morgan fingerprint density at radius 2 is 2.33 bits per heavy atom. The normalized spacial score (nSPS) is 9.75. The van der Waals surface area contributed by atoms with Gasteiger partial charge in [0.05, 0.1) is 0 Å². The smallest absolute Gasteiger partial charge is 0.142 e. The molecular weight excluding hydrogens is 170 g/mol. The fourth-order valence-electron chi connectivity index (χ4n) is 0.893. The Kier molecular flexibility index (Phi) is 3.80. The number of ketones is 1. The van der Waals surface area contributed by atoms with Gasteiger partial charge in [0, 0.05) is 24.1 Å². The predicted molar refractivity (Wildman–Crippen MR) is 51.4 cm³/mol. The molecule has 0 spiro atoms. The second-order valence-electron chi connectivity index (χ2n) is 2.52. The van der Waals surface area contributed by atoms with E-state index >= 15 is 0 Å². The maximum Gasteiger partial charge on any atom is 0.142 e. The van der Waals surface area contributed by atoms with Gasteiger partial charge in [0.1, 0.15) is 5.78 Å². The molecule has 0 N–H and O–H groups in total. The number of carbonyl (C=O) groups excluding carboxylic acids is 1. The molecule has 0 radical (unpaired) electrons. The van der Waals surface area contributed by atoms with Crippen molar-refractivity contribution in [2.45, 2.75) is 12.8 Å². The molecule has 0 aliphatic carbocycles. The molecule has 1 heterocycles. The van der Waals surface area contributed by atoms with Gasteiger partial charge in [-0.3, -0.25) is 9.78 Å². The Morgan fingerprint density at radius 3 is 2.92 bits per heavy atom. The second kappa shape index (κ2) is 4.93. The Hall–Kier alpha value is -0.830. The lowest BCUT2D eigenvalue weighted by molar-refractivity contribution is -0.116. The van der Waals surface area contributed by atoms with Crippen LogP contribution in [0.1, 0.15) is 12.1 Å². The van der Waals surface area contributed by atoms with Gasteiger partial charge in [0.2, 0.25) is 0 Å². The first-order valence-corrected chi connectivity index (χ1v) is 4.48. The van der Waals surface area contributed by atoms with E-state index in [0.29, 0.717) is 12.2 Å². The molecule has 0 amide bonds. The van der Waals surface area contributed by atoms with Crippen LogP contribution in [0.15, 0.2) is 24.4 Å². The first kappa shape index (κ1) is 9.26. The average molecular weight is 181 g/mol. The van der Waals surface area contributed by atoms with E-state index in [4.69, 9.17) is 0 Å². The maximum atomic E-state index is 10.9. The molecule has 0 saturated heterocycles. The summed E-state index contributed by atoms with van der Waals surface area (Å²) < 4.78 is 0. The van der Waals surface area contributed by atoms with Crippen LogP contribution in [-0.4, -0.2) is 16.5 Å². The summed E-state index contributed by atoms with van der Waals surface area (Å²) in [6.45, 7) is 0. The number of carbonyl (C=O) groups is 1. The third kappa shape index (κ3) is 3.05. The number of hydrogen-bond acceptors (Lipinski definition) is 3. The van der Waals surface area contributed by atoms with Gasteiger partial charge >= 0.3 is 0 Å². The minimum atomic E-state index is 0.170. The quantitative estimate of drug-likeness (QED) is 0.714. The highest BCUT2D eigenvalue weighted by molar-refractivity contribution is 7.81. The first-order chi connectivity index (χ1) is 5.83. The zero-order chi connectivity index (χ0) is 8.81. The molecule has 0 aromatic carbocycles. The monoisotopic (exact) mass is 181 g/mol. The van der Waals surface area contributed by atoms with E-state index in [0.717, 1.165) is 12.1 Å². The summed E-state index contributed by atoms with van der Waals surface area (Å²) in [5.74, 6) is 0.497. The molecule has 1 aromatic heterocycles. The third-order valence-electron chi connectivity index (χ3n) is 1.56. The molecule has 1 aromatic rings. The van der Waals surface area contributed by atoms with Gasteiger partial charge in [0.15, 0.2) is 0 Å². The molecule has 0 atom stereocenters. The van der Waals surface area contributed by atoms with E-state index < -0.39 is 0 Å². The van der Waals surface area contributed by atoms with Crippen LogP contribution in [0.25, 0.3) is 0 Å². The highest BCUT2D eigenvalue weighted by atomic mass is 32.1. The summed E-state index contributed by atoms with van der Waals surface area (Å²) >= 11 is 3.89. The Bertz CT molecular complexity index is 248. The van der Waals surface area contributed by atoms with Gasteiger partial charge in [-0.05, 0) is 18.6 Å². The van der Waals surface area contributed by atoms with Crippen molar-refractivity contribution in [2.24, 2.45) is 0 Å². The van der Waals surface area contributed by atoms with Crippen LogP contribution in [0.4, 0.5) is 0 Å². The van der Waals surface area contributed by atoms with Crippen LogP contribution in [0.5, 0.6) is 0 Å².